The standard InChI is InChI=1S/C13H14N2O2/c1-10-9-12(7-8-13(16)17)15(14-10)11-5-3-2-4-6-11/h2-6,9H,7-8H2,1H3,(H,16,17). The summed E-state index contributed by atoms with van der Waals surface area (Å²) in [5.41, 5.74) is 2.78. The fourth-order valence-electron chi connectivity index (χ4n) is 1.76. The number of carbonyl (C=O) groups is 1. The van der Waals surface area contributed by atoms with Crippen molar-refractivity contribution in [3.63, 3.8) is 0 Å². The van der Waals surface area contributed by atoms with Crippen LogP contribution in [0.15, 0.2) is 36.4 Å². The molecule has 0 atom stereocenters. The molecule has 17 heavy (non-hydrogen) atoms. The zero-order valence-electron chi connectivity index (χ0n) is 9.63. The zero-order chi connectivity index (χ0) is 12.3. The van der Waals surface area contributed by atoms with Crippen LogP contribution in [0.3, 0.4) is 0 Å². The van der Waals surface area contributed by atoms with E-state index < -0.39 is 5.97 Å². The van der Waals surface area contributed by atoms with Crippen LogP contribution in [0.4, 0.5) is 0 Å². The predicted molar refractivity (Wildman–Crippen MR) is 64.3 cm³/mol. The summed E-state index contributed by atoms with van der Waals surface area (Å²) in [5, 5.41) is 13.1. The third kappa shape index (κ3) is 2.72. The summed E-state index contributed by atoms with van der Waals surface area (Å²) in [4.78, 5) is 10.6. The van der Waals surface area contributed by atoms with E-state index in [2.05, 4.69) is 5.10 Å². The third-order valence-electron chi connectivity index (χ3n) is 2.50. The van der Waals surface area contributed by atoms with Gasteiger partial charge in [0, 0.05) is 12.1 Å². The molecule has 0 fully saturated rings. The van der Waals surface area contributed by atoms with Crippen molar-refractivity contribution < 1.29 is 9.90 Å². The van der Waals surface area contributed by atoms with Gasteiger partial charge >= 0.3 is 5.97 Å². The van der Waals surface area contributed by atoms with Crippen molar-refractivity contribution in [2.24, 2.45) is 0 Å². The Hall–Kier alpha value is -2.10. The normalized spacial score (nSPS) is 10.4. The fraction of sp³-hybridized carbons (Fsp3) is 0.231. The third-order valence-corrected chi connectivity index (χ3v) is 2.50. The van der Waals surface area contributed by atoms with Gasteiger partial charge in [0.05, 0.1) is 17.8 Å². The highest BCUT2D eigenvalue weighted by molar-refractivity contribution is 5.67. The van der Waals surface area contributed by atoms with Gasteiger partial charge in [0.15, 0.2) is 0 Å². The van der Waals surface area contributed by atoms with E-state index in [1.165, 1.54) is 0 Å². The van der Waals surface area contributed by atoms with Crippen LogP contribution in [-0.4, -0.2) is 20.9 Å². The molecule has 1 aromatic heterocycles. The Morgan fingerprint density at radius 2 is 2.06 bits per heavy atom. The Morgan fingerprint density at radius 1 is 1.35 bits per heavy atom. The molecule has 4 heteroatoms. The summed E-state index contributed by atoms with van der Waals surface area (Å²) in [7, 11) is 0. The maximum Gasteiger partial charge on any atom is 0.303 e. The lowest BCUT2D eigenvalue weighted by molar-refractivity contribution is -0.136. The number of hydrogen-bond donors (Lipinski definition) is 1. The zero-order valence-corrected chi connectivity index (χ0v) is 9.63. The first kappa shape index (κ1) is 11.4. The molecule has 4 nitrogen and oxygen atoms in total. The lowest BCUT2D eigenvalue weighted by atomic mass is 10.2. The van der Waals surface area contributed by atoms with Crippen LogP contribution in [0, 0.1) is 6.92 Å². The number of hydrogen-bond acceptors (Lipinski definition) is 2. The number of benzene rings is 1. The van der Waals surface area contributed by atoms with E-state index in [9.17, 15) is 4.79 Å². The first-order valence-corrected chi connectivity index (χ1v) is 5.49. The predicted octanol–water partition coefficient (Wildman–Crippen LogP) is 2.20. The highest BCUT2D eigenvalue weighted by Crippen LogP contribution is 2.13. The summed E-state index contributed by atoms with van der Waals surface area (Å²) >= 11 is 0. The number of aryl methyl sites for hydroxylation is 2. The van der Waals surface area contributed by atoms with Gasteiger partial charge in [0.2, 0.25) is 0 Å². The van der Waals surface area contributed by atoms with Crippen LogP contribution < -0.4 is 0 Å². The van der Waals surface area contributed by atoms with Crippen molar-refractivity contribution in [2.75, 3.05) is 0 Å². The summed E-state index contributed by atoms with van der Waals surface area (Å²) < 4.78 is 1.80. The minimum absolute atomic E-state index is 0.123. The molecule has 2 aromatic rings. The first-order valence-electron chi connectivity index (χ1n) is 5.49. The van der Waals surface area contributed by atoms with Crippen molar-refractivity contribution in [2.45, 2.75) is 19.8 Å². The Balaban J connectivity index is 2.31. The second kappa shape index (κ2) is 4.82. The smallest absolute Gasteiger partial charge is 0.303 e. The Morgan fingerprint density at radius 3 is 2.71 bits per heavy atom. The summed E-state index contributed by atoms with van der Waals surface area (Å²) in [6.07, 6.45) is 0.614. The van der Waals surface area contributed by atoms with Gasteiger partial charge < -0.3 is 5.11 Å². The van der Waals surface area contributed by atoms with Gasteiger partial charge in [-0.2, -0.15) is 5.10 Å². The molecule has 0 unspecified atom stereocenters. The highest BCUT2D eigenvalue weighted by Gasteiger charge is 2.08. The molecule has 88 valence electrons. The van der Waals surface area contributed by atoms with Crippen LogP contribution >= 0.6 is 0 Å². The fourth-order valence-corrected chi connectivity index (χ4v) is 1.76. The number of aromatic nitrogens is 2. The molecule has 0 aliphatic rings. The molecule has 1 heterocycles. The molecule has 0 aliphatic heterocycles. The molecule has 0 spiro atoms. The summed E-state index contributed by atoms with van der Waals surface area (Å²) in [5.74, 6) is -0.788. The molecule has 1 aromatic carbocycles. The lowest BCUT2D eigenvalue weighted by Crippen LogP contribution is -2.05. The first-order chi connectivity index (χ1) is 8.16. The van der Waals surface area contributed by atoms with Gasteiger partial charge in [-0.3, -0.25) is 4.79 Å². The van der Waals surface area contributed by atoms with Crippen molar-refractivity contribution in [1.29, 1.82) is 0 Å². The average molecular weight is 230 g/mol. The van der Waals surface area contributed by atoms with Crippen LogP contribution in [0.2, 0.25) is 0 Å². The summed E-state index contributed by atoms with van der Waals surface area (Å²) in [6.45, 7) is 1.91. The molecule has 0 amide bonds. The van der Waals surface area contributed by atoms with Crippen LogP contribution in [0.25, 0.3) is 5.69 Å². The van der Waals surface area contributed by atoms with E-state index in [-0.39, 0.29) is 6.42 Å². The highest BCUT2D eigenvalue weighted by atomic mass is 16.4. The topological polar surface area (TPSA) is 55.1 Å². The van der Waals surface area contributed by atoms with Gasteiger partial charge in [-0.05, 0) is 25.1 Å². The van der Waals surface area contributed by atoms with Crippen molar-refractivity contribution in [1.82, 2.24) is 9.78 Å². The minimum atomic E-state index is -0.788. The van der Waals surface area contributed by atoms with E-state index >= 15 is 0 Å². The molecule has 0 radical (unpaired) electrons. The maximum atomic E-state index is 10.6. The van der Waals surface area contributed by atoms with E-state index in [1.807, 2.05) is 43.3 Å². The van der Waals surface area contributed by atoms with Crippen molar-refractivity contribution in [3.05, 3.63) is 47.8 Å². The van der Waals surface area contributed by atoms with Gasteiger partial charge in [-0.25, -0.2) is 4.68 Å². The number of rotatable bonds is 4. The van der Waals surface area contributed by atoms with Gasteiger partial charge in [-0.1, -0.05) is 18.2 Å². The van der Waals surface area contributed by atoms with Crippen molar-refractivity contribution in [3.8, 4) is 5.69 Å². The molecular weight excluding hydrogens is 216 g/mol. The monoisotopic (exact) mass is 230 g/mol. The van der Waals surface area contributed by atoms with Crippen molar-refractivity contribution >= 4 is 5.97 Å². The number of nitrogens with zero attached hydrogens (tertiary/aromatic N) is 2. The van der Waals surface area contributed by atoms with E-state index in [1.54, 1.807) is 4.68 Å². The SMILES string of the molecule is Cc1cc(CCC(=O)O)n(-c2ccccc2)n1. The number of para-hydroxylation sites is 1. The van der Waals surface area contributed by atoms with Crippen LogP contribution in [-0.2, 0) is 11.2 Å². The second-order valence-electron chi connectivity index (χ2n) is 3.92. The van der Waals surface area contributed by atoms with E-state index in [0.29, 0.717) is 6.42 Å². The van der Waals surface area contributed by atoms with Gasteiger partial charge in [0.25, 0.3) is 0 Å². The van der Waals surface area contributed by atoms with E-state index in [4.69, 9.17) is 5.11 Å². The maximum absolute atomic E-state index is 10.6. The largest absolute Gasteiger partial charge is 0.481 e. The van der Waals surface area contributed by atoms with Gasteiger partial charge in [0.1, 0.15) is 0 Å². The Kier molecular flexibility index (Phi) is 3.23. The second-order valence-corrected chi connectivity index (χ2v) is 3.92. The Bertz CT molecular complexity index is 517. The number of aliphatic carboxylic acids is 1. The quantitative estimate of drug-likeness (QED) is 0.876. The van der Waals surface area contributed by atoms with Crippen LogP contribution in [0.5, 0.6) is 0 Å². The van der Waals surface area contributed by atoms with Crippen LogP contribution in [0.1, 0.15) is 17.8 Å². The number of carboxylic acids is 1. The molecule has 1 N–H and O–H groups in total. The average Bonchev–Trinajstić information content (AvgIpc) is 2.69. The van der Waals surface area contributed by atoms with Gasteiger partial charge in [-0.15, -0.1) is 0 Å². The Labute approximate surface area is 99.5 Å². The molecule has 2 rings (SSSR count). The molecule has 0 saturated carbocycles. The summed E-state index contributed by atoms with van der Waals surface area (Å²) in [6, 6.07) is 11.7. The minimum Gasteiger partial charge on any atom is -0.481 e. The molecular formula is C13H14N2O2. The molecule has 0 bridgehead atoms. The molecule has 0 aliphatic carbocycles. The van der Waals surface area contributed by atoms with E-state index in [0.717, 1.165) is 17.1 Å². The molecule has 0 saturated heterocycles. The lowest BCUT2D eigenvalue weighted by Gasteiger charge is -2.05. The number of carboxylic acid groups (broad SMARTS) is 1.